The zero-order valence-corrected chi connectivity index (χ0v) is 15.0. The number of carbonyl (C=O) groups excluding carboxylic acids is 1. The molecule has 1 aromatic carbocycles. The lowest BCUT2D eigenvalue weighted by atomic mass is 10.2. The van der Waals surface area contributed by atoms with Crippen molar-refractivity contribution in [2.24, 2.45) is 0 Å². The largest absolute Gasteiger partial charge is 0.405 e. The Morgan fingerprint density at radius 3 is 2.46 bits per heavy atom. The van der Waals surface area contributed by atoms with E-state index in [1.807, 2.05) is 0 Å². The summed E-state index contributed by atoms with van der Waals surface area (Å²) < 4.78 is 37.9. The van der Waals surface area contributed by atoms with Gasteiger partial charge in [0.15, 0.2) is 0 Å². The molecule has 1 aromatic heterocycles. The van der Waals surface area contributed by atoms with Gasteiger partial charge in [-0.1, -0.05) is 30.3 Å². The van der Waals surface area contributed by atoms with Gasteiger partial charge in [-0.15, -0.1) is 0 Å². The van der Waals surface area contributed by atoms with Gasteiger partial charge in [0.25, 0.3) is 5.56 Å². The molecule has 0 saturated carbocycles. The van der Waals surface area contributed by atoms with E-state index in [9.17, 15) is 27.6 Å². The van der Waals surface area contributed by atoms with Gasteiger partial charge in [-0.05, 0) is 12.5 Å². The summed E-state index contributed by atoms with van der Waals surface area (Å²) in [7, 11) is 0. The molecule has 0 aliphatic heterocycles. The Kier molecular flexibility index (Phi) is 6.49. The third-order valence-electron chi connectivity index (χ3n) is 3.92. The molecule has 1 heterocycles. The van der Waals surface area contributed by atoms with Crippen LogP contribution >= 0.6 is 0 Å². The number of carbonyl (C=O) groups is 1. The van der Waals surface area contributed by atoms with E-state index in [0.29, 0.717) is 0 Å². The number of hydrogen-bond donors (Lipinski definition) is 3. The molecule has 1 amide bonds. The number of rotatable bonds is 7. The average Bonchev–Trinajstić information content (AvgIpc) is 2.62. The zero-order valence-electron chi connectivity index (χ0n) is 15.0. The van der Waals surface area contributed by atoms with Crippen molar-refractivity contribution in [1.29, 1.82) is 0 Å². The maximum Gasteiger partial charge on any atom is 0.405 e. The summed E-state index contributed by atoms with van der Waals surface area (Å²) in [6.45, 7) is -0.224. The molecule has 4 N–H and O–H groups in total. The second-order valence-corrected chi connectivity index (χ2v) is 5.97. The first-order valence-corrected chi connectivity index (χ1v) is 8.37. The number of alkyl halides is 3. The van der Waals surface area contributed by atoms with Gasteiger partial charge in [-0.25, -0.2) is 4.79 Å². The number of nitrogens with two attached hydrogens (primary N) is 1. The highest BCUT2D eigenvalue weighted by atomic mass is 19.4. The van der Waals surface area contributed by atoms with Crippen LogP contribution in [-0.2, 0) is 11.3 Å². The first-order valence-electron chi connectivity index (χ1n) is 8.37. The molecule has 2 aromatic rings. The number of hydrogen-bond acceptors (Lipinski definition) is 5. The molecule has 0 atom stereocenters. The van der Waals surface area contributed by atoms with Gasteiger partial charge in [-0.3, -0.25) is 19.1 Å². The quantitative estimate of drug-likeness (QED) is 0.634. The summed E-state index contributed by atoms with van der Waals surface area (Å²) in [6.07, 6.45) is -4.55. The third kappa shape index (κ3) is 5.38. The van der Waals surface area contributed by atoms with Crippen molar-refractivity contribution in [3.63, 3.8) is 0 Å². The Morgan fingerprint density at radius 1 is 1.25 bits per heavy atom. The molecule has 8 nitrogen and oxygen atoms in total. The first-order chi connectivity index (χ1) is 13.1. The summed E-state index contributed by atoms with van der Waals surface area (Å²) in [5.74, 6) is -1.11. The van der Waals surface area contributed by atoms with E-state index in [0.717, 1.165) is 10.1 Å². The molecular formula is C17H20F3N5O3. The molecule has 0 aliphatic rings. The lowest BCUT2D eigenvalue weighted by Crippen LogP contribution is -2.44. The lowest BCUT2D eigenvalue weighted by molar-refractivity contribution is -0.137. The smallest absolute Gasteiger partial charge is 0.383 e. The zero-order chi connectivity index (χ0) is 20.9. The van der Waals surface area contributed by atoms with E-state index in [1.54, 1.807) is 42.6 Å². The second kappa shape index (κ2) is 8.63. The van der Waals surface area contributed by atoms with E-state index in [1.165, 1.54) is 4.90 Å². The maximum absolute atomic E-state index is 12.3. The molecule has 11 heteroatoms. The van der Waals surface area contributed by atoms with Crippen molar-refractivity contribution >= 4 is 17.4 Å². The molecule has 0 aliphatic carbocycles. The number of anilines is 2. The van der Waals surface area contributed by atoms with E-state index >= 15 is 0 Å². The number of benzene rings is 1. The van der Waals surface area contributed by atoms with Crippen LogP contribution in [0.2, 0.25) is 0 Å². The van der Waals surface area contributed by atoms with Gasteiger partial charge in [0, 0.05) is 6.54 Å². The van der Waals surface area contributed by atoms with E-state index < -0.39 is 36.4 Å². The molecule has 0 radical (unpaired) electrons. The number of likely N-dealkylation sites (N-methyl/N-ethyl adjacent to an activating group) is 1. The molecule has 0 fully saturated rings. The standard InChI is InChI=1S/C17H20F3N5O3/c1-2-24(9-12(26)22-10-17(18,19)20)13-14(21)25(16(28)23-15(13)27)8-11-6-4-3-5-7-11/h3-7H,2,8-10,21H2,1H3,(H,22,26)(H,23,27,28). The Labute approximate surface area is 157 Å². The monoisotopic (exact) mass is 399 g/mol. The van der Waals surface area contributed by atoms with Crippen LogP contribution in [0.25, 0.3) is 0 Å². The van der Waals surface area contributed by atoms with E-state index in [2.05, 4.69) is 4.98 Å². The Balaban J connectivity index is 2.32. The number of aromatic amines is 1. The number of halogens is 3. The fourth-order valence-corrected chi connectivity index (χ4v) is 2.58. The summed E-state index contributed by atoms with van der Waals surface area (Å²) in [6, 6.07) is 8.86. The van der Waals surface area contributed by atoms with Gasteiger partial charge in [0.1, 0.15) is 18.1 Å². The van der Waals surface area contributed by atoms with E-state index in [-0.39, 0.29) is 24.6 Å². The molecule has 152 valence electrons. The number of nitrogens with one attached hydrogen (secondary N) is 2. The lowest BCUT2D eigenvalue weighted by Gasteiger charge is -2.24. The van der Waals surface area contributed by atoms with Crippen molar-refractivity contribution in [2.75, 3.05) is 30.3 Å². The van der Waals surface area contributed by atoms with Crippen molar-refractivity contribution < 1.29 is 18.0 Å². The molecule has 0 spiro atoms. The van der Waals surface area contributed by atoms with Crippen molar-refractivity contribution in [2.45, 2.75) is 19.6 Å². The van der Waals surface area contributed by atoms with Crippen LogP contribution in [0, 0.1) is 0 Å². The highest BCUT2D eigenvalue weighted by Crippen LogP contribution is 2.17. The van der Waals surface area contributed by atoms with Crippen molar-refractivity contribution in [3.8, 4) is 0 Å². The van der Waals surface area contributed by atoms with Crippen LogP contribution in [0.1, 0.15) is 12.5 Å². The summed E-state index contributed by atoms with van der Waals surface area (Å²) in [4.78, 5) is 39.6. The fraction of sp³-hybridized carbons (Fsp3) is 0.353. The number of H-pyrrole nitrogens is 1. The van der Waals surface area contributed by atoms with Crippen LogP contribution in [0.5, 0.6) is 0 Å². The Bertz CT molecular complexity index is 938. The Hall–Kier alpha value is -3.24. The van der Waals surface area contributed by atoms with Crippen LogP contribution in [-0.4, -0.2) is 41.3 Å². The van der Waals surface area contributed by atoms with Gasteiger partial charge in [0.2, 0.25) is 5.91 Å². The van der Waals surface area contributed by atoms with Crippen molar-refractivity contribution in [1.82, 2.24) is 14.9 Å². The molecule has 0 unspecified atom stereocenters. The topological polar surface area (TPSA) is 113 Å². The molecule has 2 rings (SSSR count). The minimum atomic E-state index is -4.55. The number of amides is 1. The minimum absolute atomic E-state index is 0.0765. The Morgan fingerprint density at radius 2 is 1.89 bits per heavy atom. The second-order valence-electron chi connectivity index (χ2n) is 5.97. The first kappa shape index (κ1) is 21.1. The molecule has 0 saturated heterocycles. The van der Waals surface area contributed by atoms with Gasteiger partial charge >= 0.3 is 11.9 Å². The molecular weight excluding hydrogens is 379 g/mol. The van der Waals surface area contributed by atoms with Crippen LogP contribution in [0.15, 0.2) is 39.9 Å². The van der Waals surface area contributed by atoms with Gasteiger partial charge in [0.05, 0.1) is 13.1 Å². The average molecular weight is 399 g/mol. The number of aromatic nitrogens is 2. The maximum atomic E-state index is 12.3. The van der Waals surface area contributed by atoms with Crippen LogP contribution in [0.4, 0.5) is 24.7 Å². The summed E-state index contributed by atoms with van der Waals surface area (Å²) in [5.41, 5.74) is 5.06. The van der Waals surface area contributed by atoms with Crippen LogP contribution < -0.4 is 27.2 Å². The minimum Gasteiger partial charge on any atom is -0.383 e. The van der Waals surface area contributed by atoms with Crippen LogP contribution in [0.3, 0.4) is 0 Å². The fourth-order valence-electron chi connectivity index (χ4n) is 2.58. The number of nitrogen functional groups attached to an aromatic ring is 1. The summed E-state index contributed by atoms with van der Waals surface area (Å²) >= 11 is 0. The highest BCUT2D eigenvalue weighted by Gasteiger charge is 2.28. The summed E-state index contributed by atoms with van der Waals surface area (Å²) in [5, 5.41) is 1.73. The predicted molar refractivity (Wildman–Crippen MR) is 98.2 cm³/mol. The molecule has 28 heavy (non-hydrogen) atoms. The third-order valence-corrected chi connectivity index (χ3v) is 3.92. The van der Waals surface area contributed by atoms with Gasteiger partial charge in [-0.2, -0.15) is 13.2 Å². The van der Waals surface area contributed by atoms with Gasteiger partial charge < -0.3 is 16.0 Å². The normalized spacial score (nSPS) is 11.3. The molecule has 0 bridgehead atoms. The van der Waals surface area contributed by atoms with Crippen molar-refractivity contribution in [3.05, 3.63) is 56.7 Å². The van der Waals surface area contributed by atoms with E-state index in [4.69, 9.17) is 5.73 Å². The predicted octanol–water partition coefficient (Wildman–Crippen LogP) is 0.672. The number of nitrogens with zero attached hydrogens (tertiary/aromatic N) is 2. The SMILES string of the molecule is CCN(CC(=O)NCC(F)(F)F)c1c(N)n(Cc2ccccc2)c(=O)[nH]c1=O. The highest BCUT2D eigenvalue weighted by molar-refractivity contribution is 5.82.